The van der Waals surface area contributed by atoms with Crippen LogP contribution in [0.15, 0.2) is 54.6 Å². The van der Waals surface area contributed by atoms with E-state index in [1.54, 1.807) is 29.2 Å². The number of fused-ring (bicyclic) bond motifs is 1. The average Bonchev–Trinajstić information content (AvgIpc) is 2.59. The highest BCUT2D eigenvalue weighted by Crippen LogP contribution is 2.18. The molecule has 2 aromatic carbocycles. The number of benzene rings is 2. The van der Waals surface area contributed by atoms with E-state index >= 15 is 0 Å². The largest absolute Gasteiger partial charge is 0.336 e. The number of hydrazine groups is 1. The van der Waals surface area contributed by atoms with Crippen molar-refractivity contribution in [2.24, 2.45) is 0 Å². The molecule has 22 heavy (non-hydrogen) atoms. The minimum atomic E-state index is -0.327. The first-order valence-corrected chi connectivity index (χ1v) is 7.21. The molecule has 2 aromatic rings. The van der Waals surface area contributed by atoms with E-state index in [2.05, 4.69) is 16.9 Å². The number of hydrogen-bond acceptors (Lipinski definition) is 2. The van der Waals surface area contributed by atoms with Gasteiger partial charge in [0.2, 0.25) is 0 Å². The number of hydrogen-bond donors (Lipinski definition) is 2. The van der Waals surface area contributed by atoms with Gasteiger partial charge in [-0.3, -0.25) is 10.2 Å². The Morgan fingerprint density at radius 3 is 2.32 bits per heavy atom. The first-order chi connectivity index (χ1) is 10.7. The van der Waals surface area contributed by atoms with E-state index in [1.807, 2.05) is 24.3 Å². The molecule has 0 radical (unpaired) electrons. The molecule has 0 aromatic heterocycles. The van der Waals surface area contributed by atoms with Crippen molar-refractivity contribution in [1.29, 1.82) is 0 Å². The molecule has 112 valence electrons. The fourth-order valence-electron chi connectivity index (χ4n) is 2.52. The molecule has 0 unspecified atom stereocenters. The van der Waals surface area contributed by atoms with Crippen molar-refractivity contribution in [1.82, 2.24) is 15.8 Å². The third-order valence-corrected chi connectivity index (χ3v) is 3.74. The lowest BCUT2D eigenvalue weighted by Crippen LogP contribution is -2.50. The minimum absolute atomic E-state index is 0.293. The van der Waals surface area contributed by atoms with Crippen LogP contribution in [0.1, 0.15) is 21.5 Å². The summed E-state index contributed by atoms with van der Waals surface area (Å²) in [6, 6.07) is 16.6. The third-order valence-electron chi connectivity index (χ3n) is 3.74. The molecule has 1 aliphatic rings. The van der Waals surface area contributed by atoms with E-state index in [9.17, 15) is 9.59 Å². The number of amides is 3. The summed E-state index contributed by atoms with van der Waals surface area (Å²) in [5.74, 6) is -0.327. The highest BCUT2D eigenvalue weighted by atomic mass is 16.2. The highest BCUT2D eigenvalue weighted by Gasteiger charge is 2.20. The maximum absolute atomic E-state index is 12.1. The Labute approximate surface area is 128 Å². The van der Waals surface area contributed by atoms with Crippen LogP contribution in [0.2, 0.25) is 0 Å². The second kappa shape index (κ2) is 6.30. The normalized spacial score (nSPS) is 13.2. The molecule has 5 heteroatoms. The lowest BCUT2D eigenvalue weighted by molar-refractivity contribution is 0.0929. The van der Waals surface area contributed by atoms with Crippen molar-refractivity contribution in [2.45, 2.75) is 13.0 Å². The Hall–Kier alpha value is -2.82. The number of rotatable bonds is 1. The van der Waals surface area contributed by atoms with E-state index in [-0.39, 0.29) is 11.9 Å². The molecule has 1 heterocycles. The first kappa shape index (κ1) is 14.1. The van der Waals surface area contributed by atoms with E-state index < -0.39 is 0 Å². The lowest BCUT2D eigenvalue weighted by atomic mass is 10.0. The van der Waals surface area contributed by atoms with Crippen molar-refractivity contribution >= 4 is 11.9 Å². The van der Waals surface area contributed by atoms with Crippen LogP contribution in [-0.2, 0) is 13.0 Å². The van der Waals surface area contributed by atoms with Crippen LogP contribution in [0.5, 0.6) is 0 Å². The van der Waals surface area contributed by atoms with Crippen molar-refractivity contribution in [3.8, 4) is 0 Å². The van der Waals surface area contributed by atoms with Crippen molar-refractivity contribution in [3.05, 3.63) is 71.3 Å². The third kappa shape index (κ3) is 3.09. The number of urea groups is 1. The van der Waals surface area contributed by atoms with Crippen LogP contribution < -0.4 is 10.9 Å². The monoisotopic (exact) mass is 295 g/mol. The topological polar surface area (TPSA) is 61.4 Å². The maximum Gasteiger partial charge on any atom is 0.336 e. The van der Waals surface area contributed by atoms with Crippen LogP contribution >= 0.6 is 0 Å². The molecule has 1 aliphatic heterocycles. The molecule has 5 nitrogen and oxygen atoms in total. The fraction of sp³-hybridized carbons (Fsp3) is 0.176. The van der Waals surface area contributed by atoms with Crippen molar-refractivity contribution in [2.75, 3.05) is 6.54 Å². The van der Waals surface area contributed by atoms with Crippen molar-refractivity contribution < 1.29 is 9.59 Å². The van der Waals surface area contributed by atoms with Gasteiger partial charge in [0.15, 0.2) is 0 Å². The summed E-state index contributed by atoms with van der Waals surface area (Å²) < 4.78 is 0. The summed E-state index contributed by atoms with van der Waals surface area (Å²) in [6.45, 7) is 1.20. The molecule has 0 aliphatic carbocycles. The zero-order valence-electron chi connectivity index (χ0n) is 12.1. The minimum Gasteiger partial charge on any atom is -0.319 e. The van der Waals surface area contributed by atoms with Crippen LogP contribution in [0.3, 0.4) is 0 Å². The van der Waals surface area contributed by atoms with E-state index in [0.717, 1.165) is 12.0 Å². The van der Waals surface area contributed by atoms with Gasteiger partial charge < -0.3 is 4.90 Å². The molecule has 0 saturated heterocycles. The van der Waals surface area contributed by atoms with Gasteiger partial charge in [0.05, 0.1) is 0 Å². The van der Waals surface area contributed by atoms with E-state index in [0.29, 0.717) is 18.7 Å². The van der Waals surface area contributed by atoms with Gasteiger partial charge in [-0.25, -0.2) is 10.2 Å². The summed E-state index contributed by atoms with van der Waals surface area (Å²) >= 11 is 0. The number of carbonyl (C=O) groups is 2. The molecular weight excluding hydrogens is 278 g/mol. The van der Waals surface area contributed by atoms with Gasteiger partial charge >= 0.3 is 6.03 Å². The van der Waals surface area contributed by atoms with E-state index in [4.69, 9.17) is 0 Å². The quantitative estimate of drug-likeness (QED) is 0.791. The molecule has 0 bridgehead atoms. The molecular formula is C17H17N3O2. The highest BCUT2D eigenvalue weighted by molar-refractivity contribution is 5.95. The van der Waals surface area contributed by atoms with Gasteiger partial charge in [0.1, 0.15) is 0 Å². The Bertz CT molecular complexity index is 685. The molecule has 0 spiro atoms. The molecule has 0 saturated carbocycles. The Morgan fingerprint density at radius 2 is 1.55 bits per heavy atom. The van der Waals surface area contributed by atoms with Gasteiger partial charge in [-0.05, 0) is 29.7 Å². The van der Waals surface area contributed by atoms with Crippen LogP contribution in [0.25, 0.3) is 0 Å². The summed E-state index contributed by atoms with van der Waals surface area (Å²) in [5.41, 5.74) is 7.84. The predicted octanol–water partition coefficient (Wildman–Crippen LogP) is 2.10. The van der Waals surface area contributed by atoms with Crippen LogP contribution in [0.4, 0.5) is 4.79 Å². The molecule has 0 atom stereocenters. The number of nitrogens with one attached hydrogen (secondary N) is 2. The summed E-state index contributed by atoms with van der Waals surface area (Å²) in [5, 5.41) is 0. The van der Waals surface area contributed by atoms with Gasteiger partial charge in [0, 0.05) is 18.7 Å². The second-order valence-corrected chi connectivity index (χ2v) is 5.19. The van der Waals surface area contributed by atoms with Crippen molar-refractivity contribution in [3.63, 3.8) is 0 Å². The lowest BCUT2D eigenvalue weighted by Gasteiger charge is -2.28. The predicted molar refractivity (Wildman–Crippen MR) is 83.0 cm³/mol. The Morgan fingerprint density at radius 1 is 0.864 bits per heavy atom. The smallest absolute Gasteiger partial charge is 0.319 e. The fourth-order valence-corrected chi connectivity index (χ4v) is 2.52. The van der Waals surface area contributed by atoms with Gasteiger partial charge in [-0.2, -0.15) is 0 Å². The summed E-state index contributed by atoms with van der Waals surface area (Å²) in [6.07, 6.45) is 0.830. The Kier molecular flexibility index (Phi) is 4.05. The average molecular weight is 295 g/mol. The van der Waals surface area contributed by atoms with Gasteiger partial charge in [0.25, 0.3) is 5.91 Å². The van der Waals surface area contributed by atoms with Crippen LogP contribution in [-0.4, -0.2) is 23.4 Å². The molecule has 0 fully saturated rings. The zero-order chi connectivity index (χ0) is 15.4. The number of carbonyl (C=O) groups excluding carboxylic acids is 2. The maximum atomic E-state index is 12.1. The second-order valence-electron chi connectivity index (χ2n) is 5.19. The summed E-state index contributed by atoms with van der Waals surface area (Å²) in [7, 11) is 0. The zero-order valence-corrected chi connectivity index (χ0v) is 12.1. The molecule has 2 N–H and O–H groups in total. The SMILES string of the molecule is O=C(NNC(=O)N1CCc2ccccc2C1)c1ccccc1. The molecule has 3 rings (SSSR count). The van der Waals surface area contributed by atoms with Gasteiger partial charge in [-0.15, -0.1) is 0 Å². The standard InChI is InChI=1S/C17H17N3O2/c21-16(14-7-2-1-3-8-14)18-19-17(22)20-11-10-13-6-4-5-9-15(13)12-20/h1-9H,10-12H2,(H,18,21)(H,19,22). The van der Waals surface area contributed by atoms with E-state index in [1.165, 1.54) is 5.56 Å². The summed E-state index contributed by atoms with van der Waals surface area (Å²) in [4.78, 5) is 25.7. The number of nitrogens with zero attached hydrogens (tertiary/aromatic N) is 1. The van der Waals surface area contributed by atoms with Crippen LogP contribution in [0, 0.1) is 0 Å². The van der Waals surface area contributed by atoms with Gasteiger partial charge in [-0.1, -0.05) is 42.5 Å². The first-order valence-electron chi connectivity index (χ1n) is 7.21. The Balaban J connectivity index is 1.56. The molecule has 3 amide bonds.